The fourth-order valence-electron chi connectivity index (χ4n) is 4.69. The van der Waals surface area contributed by atoms with Gasteiger partial charge in [-0.25, -0.2) is 13.4 Å². The molecule has 1 N–H and O–H groups in total. The minimum Gasteiger partial charge on any atom is -0.325 e. The molecule has 3 heterocycles. The van der Waals surface area contributed by atoms with E-state index in [0.717, 1.165) is 49.2 Å². The number of nitrogens with zero attached hydrogens (tertiary/aromatic N) is 3. The van der Waals surface area contributed by atoms with E-state index in [-0.39, 0.29) is 23.4 Å². The molecule has 1 aromatic heterocycles. The Morgan fingerprint density at radius 2 is 1.82 bits per heavy atom. The van der Waals surface area contributed by atoms with Crippen molar-refractivity contribution in [3.05, 3.63) is 53.5 Å². The molecule has 3 aromatic rings. The fraction of sp³-hybridized carbons (Fsp3) is 0.417. The number of benzene rings is 2. The molecule has 2 aliphatic rings. The minimum atomic E-state index is -3.52. The van der Waals surface area contributed by atoms with Crippen LogP contribution < -0.4 is 5.32 Å². The van der Waals surface area contributed by atoms with Gasteiger partial charge < -0.3 is 5.32 Å². The number of carbonyl (C=O) groups excluding carboxylic acids is 1. The SMILES string of the molecule is O=C(CN1CCCCC1c1nc2ccccc2s1)Nc1cccc(S(=O)(=O)N2CCCC2)c1. The zero-order valence-corrected chi connectivity index (χ0v) is 20.1. The van der Waals surface area contributed by atoms with Crippen LogP contribution in [0.2, 0.25) is 0 Å². The van der Waals surface area contributed by atoms with E-state index < -0.39 is 10.0 Å². The highest BCUT2D eigenvalue weighted by Gasteiger charge is 2.29. The zero-order valence-electron chi connectivity index (χ0n) is 18.4. The third-order valence-electron chi connectivity index (χ3n) is 6.38. The van der Waals surface area contributed by atoms with Gasteiger partial charge in [-0.2, -0.15) is 4.31 Å². The van der Waals surface area contributed by atoms with Gasteiger partial charge in [0.1, 0.15) is 5.01 Å². The first-order valence-corrected chi connectivity index (χ1v) is 13.8. The van der Waals surface area contributed by atoms with E-state index in [1.165, 1.54) is 9.01 Å². The molecule has 2 saturated heterocycles. The number of fused-ring (bicyclic) bond motifs is 1. The Kier molecular flexibility index (Phi) is 6.47. The van der Waals surface area contributed by atoms with Crippen molar-refractivity contribution in [3.63, 3.8) is 0 Å². The standard InChI is InChI=1S/C24H28N4O3S2/c29-23(25-18-8-7-9-19(16-18)33(30,31)28-14-5-6-15-28)17-27-13-4-3-11-21(27)24-26-20-10-1-2-12-22(20)32-24/h1-2,7-10,12,16,21H,3-6,11,13-15,17H2,(H,25,29). The van der Waals surface area contributed by atoms with Crippen molar-refractivity contribution < 1.29 is 13.2 Å². The van der Waals surface area contributed by atoms with Crippen LogP contribution in [0.15, 0.2) is 53.4 Å². The number of para-hydroxylation sites is 1. The molecule has 2 aliphatic heterocycles. The Bertz CT molecular complexity index is 1220. The van der Waals surface area contributed by atoms with Crippen LogP contribution in [0, 0.1) is 0 Å². The molecule has 0 aliphatic carbocycles. The summed E-state index contributed by atoms with van der Waals surface area (Å²) in [6, 6.07) is 14.8. The summed E-state index contributed by atoms with van der Waals surface area (Å²) >= 11 is 1.70. The molecule has 0 saturated carbocycles. The lowest BCUT2D eigenvalue weighted by molar-refractivity contribution is -0.118. The number of rotatable bonds is 6. The lowest BCUT2D eigenvalue weighted by atomic mass is 10.0. The minimum absolute atomic E-state index is 0.128. The number of nitrogens with one attached hydrogen (secondary N) is 1. The molecule has 33 heavy (non-hydrogen) atoms. The van der Waals surface area contributed by atoms with Gasteiger partial charge in [-0.1, -0.05) is 24.6 Å². The van der Waals surface area contributed by atoms with E-state index in [1.807, 2.05) is 18.2 Å². The van der Waals surface area contributed by atoms with Crippen molar-refractivity contribution in [1.82, 2.24) is 14.2 Å². The second-order valence-corrected chi connectivity index (χ2v) is 11.7. The van der Waals surface area contributed by atoms with E-state index >= 15 is 0 Å². The second-order valence-electron chi connectivity index (χ2n) is 8.69. The highest BCUT2D eigenvalue weighted by Crippen LogP contribution is 2.35. The topological polar surface area (TPSA) is 82.6 Å². The number of aromatic nitrogens is 1. The molecular formula is C24H28N4O3S2. The summed E-state index contributed by atoms with van der Waals surface area (Å²) in [5.41, 5.74) is 1.51. The van der Waals surface area contributed by atoms with E-state index in [1.54, 1.807) is 35.6 Å². The third kappa shape index (κ3) is 4.82. The molecule has 0 bridgehead atoms. The van der Waals surface area contributed by atoms with E-state index in [2.05, 4.69) is 16.3 Å². The number of amides is 1. The fourth-order valence-corrected chi connectivity index (χ4v) is 7.39. The Balaban J connectivity index is 1.29. The van der Waals surface area contributed by atoms with Gasteiger partial charge in [0.15, 0.2) is 0 Å². The lowest BCUT2D eigenvalue weighted by Crippen LogP contribution is -2.39. The maximum atomic E-state index is 12.9. The molecule has 7 nitrogen and oxygen atoms in total. The molecule has 1 unspecified atom stereocenters. The number of carbonyl (C=O) groups is 1. The van der Waals surface area contributed by atoms with Crippen LogP contribution in [0.5, 0.6) is 0 Å². The molecule has 5 rings (SSSR count). The van der Waals surface area contributed by atoms with Crippen molar-refractivity contribution in [2.24, 2.45) is 0 Å². The molecule has 0 radical (unpaired) electrons. The van der Waals surface area contributed by atoms with Crippen LogP contribution in [0.4, 0.5) is 5.69 Å². The van der Waals surface area contributed by atoms with Crippen molar-refractivity contribution in [2.45, 2.75) is 43.0 Å². The quantitative estimate of drug-likeness (QED) is 0.566. The number of thiazole rings is 1. The van der Waals surface area contributed by atoms with Crippen molar-refractivity contribution in [1.29, 1.82) is 0 Å². The maximum Gasteiger partial charge on any atom is 0.243 e. The van der Waals surface area contributed by atoms with Crippen LogP contribution in [0.3, 0.4) is 0 Å². The van der Waals surface area contributed by atoms with Crippen LogP contribution in [0.25, 0.3) is 10.2 Å². The van der Waals surface area contributed by atoms with Gasteiger partial charge in [0, 0.05) is 18.8 Å². The smallest absolute Gasteiger partial charge is 0.243 e. The Hall–Kier alpha value is -2.33. The van der Waals surface area contributed by atoms with Gasteiger partial charge >= 0.3 is 0 Å². The van der Waals surface area contributed by atoms with Crippen LogP contribution in [-0.2, 0) is 14.8 Å². The first-order valence-electron chi connectivity index (χ1n) is 11.5. The molecule has 1 atom stereocenters. The maximum absolute atomic E-state index is 12.9. The normalized spacial score (nSPS) is 20.3. The van der Waals surface area contributed by atoms with Crippen LogP contribution in [0.1, 0.15) is 43.2 Å². The Labute approximate surface area is 198 Å². The Morgan fingerprint density at radius 1 is 1.03 bits per heavy atom. The highest BCUT2D eigenvalue weighted by atomic mass is 32.2. The highest BCUT2D eigenvalue weighted by molar-refractivity contribution is 7.89. The zero-order chi connectivity index (χ0) is 22.8. The molecule has 1 amide bonds. The number of sulfonamides is 1. The van der Waals surface area contributed by atoms with E-state index in [9.17, 15) is 13.2 Å². The molecule has 2 aromatic carbocycles. The molecule has 2 fully saturated rings. The summed E-state index contributed by atoms with van der Waals surface area (Å²) in [4.78, 5) is 20.2. The average Bonchev–Trinajstić information content (AvgIpc) is 3.50. The summed E-state index contributed by atoms with van der Waals surface area (Å²) < 4.78 is 28.4. The van der Waals surface area contributed by atoms with Gasteiger partial charge in [-0.3, -0.25) is 9.69 Å². The lowest BCUT2D eigenvalue weighted by Gasteiger charge is -2.33. The number of piperidine rings is 1. The summed E-state index contributed by atoms with van der Waals surface area (Å²) in [6.07, 6.45) is 4.94. The second kappa shape index (κ2) is 9.50. The van der Waals surface area contributed by atoms with Crippen molar-refractivity contribution in [2.75, 3.05) is 31.5 Å². The predicted octanol–water partition coefficient (Wildman–Crippen LogP) is 4.25. The number of hydrogen-bond donors (Lipinski definition) is 1. The van der Waals surface area contributed by atoms with Crippen molar-refractivity contribution in [3.8, 4) is 0 Å². The molecule has 0 spiro atoms. The van der Waals surface area contributed by atoms with Gasteiger partial charge in [0.25, 0.3) is 0 Å². The first-order chi connectivity index (χ1) is 16.0. The number of anilines is 1. The Morgan fingerprint density at radius 3 is 2.64 bits per heavy atom. The van der Waals surface area contributed by atoms with Crippen LogP contribution >= 0.6 is 11.3 Å². The van der Waals surface area contributed by atoms with Crippen LogP contribution in [-0.4, -0.2) is 54.7 Å². The molecular weight excluding hydrogens is 456 g/mol. The third-order valence-corrected chi connectivity index (χ3v) is 9.41. The van der Waals surface area contributed by atoms with Gasteiger partial charge in [0.05, 0.1) is 27.7 Å². The number of hydrogen-bond acceptors (Lipinski definition) is 6. The predicted molar refractivity (Wildman–Crippen MR) is 131 cm³/mol. The summed E-state index contributed by atoms with van der Waals surface area (Å²) in [6.45, 7) is 2.21. The van der Waals surface area contributed by atoms with Gasteiger partial charge in [0.2, 0.25) is 15.9 Å². The summed E-state index contributed by atoms with van der Waals surface area (Å²) in [5, 5.41) is 3.97. The van der Waals surface area contributed by atoms with Gasteiger partial charge in [-0.05, 0) is 62.6 Å². The van der Waals surface area contributed by atoms with Gasteiger partial charge in [-0.15, -0.1) is 11.3 Å². The summed E-state index contributed by atoms with van der Waals surface area (Å²) in [7, 11) is -3.52. The van der Waals surface area contributed by atoms with Crippen molar-refractivity contribution >= 4 is 43.2 Å². The molecule has 9 heteroatoms. The van der Waals surface area contributed by atoms with E-state index in [4.69, 9.17) is 4.98 Å². The average molecular weight is 485 g/mol. The summed E-state index contributed by atoms with van der Waals surface area (Å²) in [5.74, 6) is -0.140. The first kappa shape index (κ1) is 22.5. The van der Waals surface area contributed by atoms with E-state index in [0.29, 0.717) is 18.8 Å². The molecule has 174 valence electrons. The largest absolute Gasteiger partial charge is 0.325 e. The monoisotopic (exact) mass is 484 g/mol. The number of likely N-dealkylation sites (tertiary alicyclic amines) is 1.